The van der Waals surface area contributed by atoms with Gasteiger partial charge in [-0.05, 0) is 30.3 Å². The number of hydrogen-bond acceptors (Lipinski definition) is 2. The van der Waals surface area contributed by atoms with Crippen LogP contribution in [0, 0.1) is 5.82 Å². The molecule has 0 radical (unpaired) electrons. The van der Waals surface area contributed by atoms with Crippen molar-refractivity contribution < 1.29 is 13.9 Å². The number of hydrogen-bond donors (Lipinski definition) is 0. The molecule has 2 aromatic rings. The maximum atomic E-state index is 13.3. The third kappa shape index (κ3) is 3.46. The van der Waals surface area contributed by atoms with Crippen molar-refractivity contribution in [2.75, 3.05) is 6.61 Å². The fourth-order valence-corrected chi connectivity index (χ4v) is 1.89. The molecule has 0 aliphatic carbocycles. The molecule has 0 aromatic heterocycles. The van der Waals surface area contributed by atoms with Gasteiger partial charge in [0.15, 0.2) is 18.2 Å². The number of carbonyl (C=O) groups is 1. The van der Waals surface area contributed by atoms with Crippen LogP contribution in [0.5, 0.6) is 5.75 Å². The van der Waals surface area contributed by atoms with E-state index in [9.17, 15) is 9.18 Å². The van der Waals surface area contributed by atoms with Crippen LogP contribution in [-0.2, 0) is 0 Å². The van der Waals surface area contributed by atoms with E-state index in [0.29, 0.717) is 5.02 Å². The molecule has 5 heteroatoms. The molecule has 98 valence electrons. The van der Waals surface area contributed by atoms with E-state index in [1.807, 2.05) is 0 Å². The summed E-state index contributed by atoms with van der Waals surface area (Å²) in [4.78, 5) is 11.9. The van der Waals surface area contributed by atoms with Crippen LogP contribution in [0.2, 0.25) is 10.0 Å². The van der Waals surface area contributed by atoms with Crippen molar-refractivity contribution in [2.45, 2.75) is 0 Å². The van der Waals surface area contributed by atoms with Crippen LogP contribution in [0.25, 0.3) is 0 Å². The lowest BCUT2D eigenvalue weighted by Crippen LogP contribution is -2.12. The van der Waals surface area contributed by atoms with Crippen LogP contribution < -0.4 is 4.74 Å². The van der Waals surface area contributed by atoms with Crippen LogP contribution in [0.1, 0.15) is 10.4 Å². The first kappa shape index (κ1) is 13.8. The molecular formula is C14H9Cl2FO2. The quantitative estimate of drug-likeness (QED) is 0.782. The summed E-state index contributed by atoms with van der Waals surface area (Å²) in [5, 5.41) is 0.685. The molecule has 2 rings (SSSR count). The van der Waals surface area contributed by atoms with Crippen molar-refractivity contribution >= 4 is 29.0 Å². The SMILES string of the molecule is O=C(COc1ccccc1F)c1cc(Cl)ccc1Cl. The largest absolute Gasteiger partial charge is 0.482 e. The van der Waals surface area contributed by atoms with Gasteiger partial charge in [-0.2, -0.15) is 0 Å². The van der Waals surface area contributed by atoms with Crippen LogP contribution in [-0.4, -0.2) is 12.4 Å². The summed E-state index contributed by atoms with van der Waals surface area (Å²) >= 11 is 11.7. The molecule has 0 saturated carbocycles. The van der Waals surface area contributed by atoms with E-state index >= 15 is 0 Å². The second-order valence-electron chi connectivity index (χ2n) is 3.77. The van der Waals surface area contributed by atoms with Gasteiger partial charge in [-0.1, -0.05) is 35.3 Å². The Kier molecular flexibility index (Phi) is 4.40. The van der Waals surface area contributed by atoms with Gasteiger partial charge in [-0.3, -0.25) is 4.79 Å². The van der Waals surface area contributed by atoms with Gasteiger partial charge in [0.1, 0.15) is 0 Å². The predicted octanol–water partition coefficient (Wildman–Crippen LogP) is 4.39. The Morgan fingerprint density at radius 3 is 2.63 bits per heavy atom. The summed E-state index contributed by atoms with van der Waals surface area (Å²) in [6.45, 7) is -0.305. The topological polar surface area (TPSA) is 26.3 Å². The summed E-state index contributed by atoms with van der Waals surface area (Å²) in [5.74, 6) is -0.864. The third-order valence-electron chi connectivity index (χ3n) is 2.42. The number of carbonyl (C=O) groups excluding carboxylic acids is 1. The average molecular weight is 299 g/mol. The Balaban J connectivity index is 2.10. The molecule has 2 aromatic carbocycles. The highest BCUT2D eigenvalue weighted by Crippen LogP contribution is 2.22. The van der Waals surface area contributed by atoms with E-state index in [0.717, 1.165) is 0 Å². The fourth-order valence-electron chi connectivity index (χ4n) is 1.49. The van der Waals surface area contributed by atoms with E-state index in [2.05, 4.69) is 0 Å². The Morgan fingerprint density at radius 2 is 1.89 bits per heavy atom. The first-order chi connectivity index (χ1) is 9.08. The number of ketones is 1. The monoisotopic (exact) mass is 298 g/mol. The molecule has 0 unspecified atom stereocenters. The lowest BCUT2D eigenvalue weighted by atomic mass is 10.1. The Bertz CT molecular complexity index is 614. The first-order valence-electron chi connectivity index (χ1n) is 5.43. The minimum absolute atomic E-state index is 0.0222. The summed E-state index contributed by atoms with van der Waals surface area (Å²) in [6, 6.07) is 10.4. The van der Waals surface area contributed by atoms with Crippen molar-refractivity contribution in [3.63, 3.8) is 0 Å². The van der Waals surface area contributed by atoms with Crippen molar-refractivity contribution in [1.82, 2.24) is 0 Å². The Morgan fingerprint density at radius 1 is 1.16 bits per heavy atom. The molecule has 0 fully saturated rings. The minimum atomic E-state index is -0.521. The van der Waals surface area contributed by atoms with Gasteiger partial charge >= 0.3 is 0 Å². The van der Waals surface area contributed by atoms with Crippen molar-refractivity contribution in [3.05, 3.63) is 63.9 Å². The molecule has 0 bridgehead atoms. The van der Waals surface area contributed by atoms with Gasteiger partial charge in [0.25, 0.3) is 0 Å². The minimum Gasteiger partial charge on any atom is -0.482 e. The second-order valence-corrected chi connectivity index (χ2v) is 4.61. The zero-order chi connectivity index (χ0) is 13.8. The fraction of sp³-hybridized carbons (Fsp3) is 0.0714. The molecule has 0 spiro atoms. The number of rotatable bonds is 4. The van der Waals surface area contributed by atoms with E-state index in [1.54, 1.807) is 12.1 Å². The van der Waals surface area contributed by atoms with Gasteiger partial charge < -0.3 is 4.74 Å². The van der Waals surface area contributed by atoms with E-state index in [-0.39, 0.29) is 28.7 Å². The van der Waals surface area contributed by atoms with Crippen molar-refractivity contribution in [1.29, 1.82) is 0 Å². The smallest absolute Gasteiger partial charge is 0.201 e. The predicted molar refractivity (Wildman–Crippen MR) is 72.7 cm³/mol. The van der Waals surface area contributed by atoms with Gasteiger partial charge in [0.2, 0.25) is 5.78 Å². The highest BCUT2D eigenvalue weighted by atomic mass is 35.5. The summed E-state index contributed by atoms with van der Waals surface area (Å²) in [7, 11) is 0. The van der Waals surface area contributed by atoms with Crippen LogP contribution in [0.15, 0.2) is 42.5 Å². The van der Waals surface area contributed by atoms with E-state index < -0.39 is 5.82 Å². The van der Waals surface area contributed by atoms with Gasteiger partial charge in [-0.15, -0.1) is 0 Å². The normalized spacial score (nSPS) is 10.3. The standard InChI is InChI=1S/C14H9Cl2FO2/c15-9-5-6-11(16)10(7-9)13(18)8-19-14-4-2-1-3-12(14)17/h1-7H,8H2. The first-order valence-corrected chi connectivity index (χ1v) is 6.19. The maximum absolute atomic E-state index is 13.3. The lowest BCUT2D eigenvalue weighted by Gasteiger charge is -2.07. The Hall–Kier alpha value is -1.58. The van der Waals surface area contributed by atoms with Crippen molar-refractivity contribution in [3.8, 4) is 5.75 Å². The molecule has 0 N–H and O–H groups in total. The second kappa shape index (κ2) is 6.04. The van der Waals surface area contributed by atoms with Crippen LogP contribution in [0.4, 0.5) is 4.39 Å². The van der Waals surface area contributed by atoms with Crippen LogP contribution in [0.3, 0.4) is 0 Å². The number of benzene rings is 2. The third-order valence-corrected chi connectivity index (χ3v) is 2.99. The molecule has 0 heterocycles. The highest BCUT2D eigenvalue weighted by molar-refractivity contribution is 6.35. The van der Waals surface area contributed by atoms with Crippen LogP contribution >= 0.6 is 23.2 Å². The van der Waals surface area contributed by atoms with E-state index in [4.69, 9.17) is 27.9 Å². The molecule has 0 amide bonds. The molecular weight excluding hydrogens is 290 g/mol. The number of halogens is 3. The average Bonchev–Trinajstić information content (AvgIpc) is 2.40. The summed E-state index contributed by atoms with van der Waals surface area (Å²) in [6.07, 6.45) is 0. The highest BCUT2D eigenvalue weighted by Gasteiger charge is 2.13. The molecule has 2 nitrogen and oxygen atoms in total. The number of ether oxygens (including phenoxy) is 1. The van der Waals surface area contributed by atoms with Gasteiger partial charge in [0, 0.05) is 10.6 Å². The number of para-hydroxylation sites is 1. The zero-order valence-corrected chi connectivity index (χ0v) is 11.2. The molecule has 19 heavy (non-hydrogen) atoms. The van der Waals surface area contributed by atoms with E-state index in [1.165, 1.54) is 30.3 Å². The molecule has 0 aliphatic rings. The molecule has 0 aliphatic heterocycles. The van der Waals surface area contributed by atoms with Gasteiger partial charge in [-0.25, -0.2) is 4.39 Å². The number of Topliss-reactive ketones (excluding diaryl/α,β-unsaturated/α-hetero) is 1. The van der Waals surface area contributed by atoms with Crippen molar-refractivity contribution in [2.24, 2.45) is 0 Å². The maximum Gasteiger partial charge on any atom is 0.201 e. The zero-order valence-electron chi connectivity index (χ0n) is 9.70. The van der Waals surface area contributed by atoms with Gasteiger partial charge in [0.05, 0.1) is 5.02 Å². The molecule has 0 atom stereocenters. The molecule has 0 saturated heterocycles. The Labute approximate surface area is 119 Å². The lowest BCUT2D eigenvalue weighted by molar-refractivity contribution is 0.0919. The summed E-state index contributed by atoms with van der Waals surface area (Å²) < 4.78 is 18.4. The summed E-state index contributed by atoms with van der Waals surface area (Å²) in [5.41, 5.74) is 0.255.